The van der Waals surface area contributed by atoms with Crippen LogP contribution in [0.4, 0.5) is 11.5 Å². The fourth-order valence-corrected chi connectivity index (χ4v) is 1.65. The van der Waals surface area contributed by atoms with Crippen molar-refractivity contribution in [2.75, 3.05) is 23.7 Å². The summed E-state index contributed by atoms with van der Waals surface area (Å²) < 4.78 is 0. The van der Waals surface area contributed by atoms with Crippen molar-refractivity contribution in [2.24, 2.45) is 11.5 Å². The summed E-state index contributed by atoms with van der Waals surface area (Å²) in [6.45, 7) is 2.69. The van der Waals surface area contributed by atoms with Crippen molar-refractivity contribution >= 4 is 23.3 Å². The number of pyridine rings is 1. The molecule has 0 bridgehead atoms. The second-order valence-electron chi connectivity index (χ2n) is 4.24. The third-order valence-corrected chi connectivity index (χ3v) is 2.64. The lowest BCUT2D eigenvalue weighted by Gasteiger charge is -2.22. The Bertz CT molecular complexity index is 475. The minimum atomic E-state index is -0.629. The number of amides is 2. The van der Waals surface area contributed by atoms with Gasteiger partial charge >= 0.3 is 0 Å². The molecule has 0 saturated carbocycles. The molecule has 0 spiro atoms. The third-order valence-electron chi connectivity index (χ3n) is 2.64. The second-order valence-corrected chi connectivity index (χ2v) is 4.24. The van der Waals surface area contributed by atoms with Crippen molar-refractivity contribution < 1.29 is 9.59 Å². The highest BCUT2D eigenvalue weighted by atomic mass is 16.1. The van der Waals surface area contributed by atoms with Crippen molar-refractivity contribution in [3.63, 3.8) is 0 Å². The van der Waals surface area contributed by atoms with E-state index in [1.54, 1.807) is 4.90 Å². The fraction of sp³-hybridized carbons (Fsp3) is 0.417. The molecule has 0 aliphatic heterocycles. The number of hydrogen-bond donors (Lipinski definition) is 3. The van der Waals surface area contributed by atoms with Gasteiger partial charge in [-0.3, -0.25) is 9.59 Å². The second kappa shape index (κ2) is 6.58. The number of nitrogens with zero attached hydrogens (tertiary/aromatic N) is 2. The zero-order chi connectivity index (χ0) is 14.4. The van der Waals surface area contributed by atoms with E-state index in [0.29, 0.717) is 12.4 Å². The fourth-order valence-electron chi connectivity index (χ4n) is 1.65. The maximum Gasteiger partial charge on any atom is 0.250 e. The summed E-state index contributed by atoms with van der Waals surface area (Å²) in [5.41, 5.74) is 16.5. The van der Waals surface area contributed by atoms with Crippen LogP contribution in [-0.4, -0.2) is 29.9 Å². The van der Waals surface area contributed by atoms with Gasteiger partial charge in [0.05, 0.1) is 24.0 Å². The Hall–Kier alpha value is -2.31. The summed E-state index contributed by atoms with van der Waals surface area (Å²) in [6, 6.07) is 1.48. The maximum absolute atomic E-state index is 11.2. The van der Waals surface area contributed by atoms with Crippen molar-refractivity contribution in [2.45, 2.75) is 19.8 Å². The summed E-state index contributed by atoms with van der Waals surface area (Å²) in [5.74, 6) is -0.624. The van der Waals surface area contributed by atoms with E-state index in [4.69, 9.17) is 17.2 Å². The molecular formula is C12H19N5O2. The molecule has 0 unspecified atom stereocenters. The average molecular weight is 265 g/mol. The van der Waals surface area contributed by atoms with Gasteiger partial charge in [0.2, 0.25) is 5.91 Å². The molecule has 0 radical (unpaired) electrons. The Morgan fingerprint density at radius 2 is 2.05 bits per heavy atom. The van der Waals surface area contributed by atoms with Crippen LogP contribution in [0.5, 0.6) is 0 Å². The van der Waals surface area contributed by atoms with Crippen LogP contribution in [0, 0.1) is 0 Å². The number of hydrogen-bond acceptors (Lipinski definition) is 5. The molecule has 1 aromatic heterocycles. The smallest absolute Gasteiger partial charge is 0.250 e. The molecule has 19 heavy (non-hydrogen) atoms. The van der Waals surface area contributed by atoms with E-state index >= 15 is 0 Å². The first kappa shape index (κ1) is 14.7. The molecule has 104 valence electrons. The molecule has 0 aromatic carbocycles. The molecule has 1 aromatic rings. The van der Waals surface area contributed by atoms with Gasteiger partial charge in [-0.1, -0.05) is 13.3 Å². The van der Waals surface area contributed by atoms with E-state index in [9.17, 15) is 9.59 Å². The van der Waals surface area contributed by atoms with Gasteiger partial charge in [0.15, 0.2) is 0 Å². The number of aromatic nitrogens is 1. The van der Waals surface area contributed by atoms with Crippen molar-refractivity contribution in [1.29, 1.82) is 0 Å². The van der Waals surface area contributed by atoms with E-state index in [2.05, 4.69) is 4.98 Å². The SMILES string of the molecule is CCCCN(CC(N)=O)c1cc(C(N)=O)c(N)cn1. The van der Waals surface area contributed by atoms with E-state index in [-0.39, 0.29) is 17.8 Å². The highest BCUT2D eigenvalue weighted by molar-refractivity contribution is 5.98. The number of rotatable bonds is 7. The molecule has 1 rings (SSSR count). The van der Waals surface area contributed by atoms with Gasteiger partial charge in [0.1, 0.15) is 5.82 Å². The van der Waals surface area contributed by atoms with Crippen LogP contribution in [0.15, 0.2) is 12.3 Å². The van der Waals surface area contributed by atoms with Gasteiger partial charge in [0, 0.05) is 6.54 Å². The number of nitrogens with two attached hydrogens (primary N) is 3. The highest BCUT2D eigenvalue weighted by Gasteiger charge is 2.14. The van der Waals surface area contributed by atoms with Crippen LogP contribution >= 0.6 is 0 Å². The molecule has 2 amide bonds. The summed E-state index contributed by atoms with van der Waals surface area (Å²) in [7, 11) is 0. The Morgan fingerprint density at radius 1 is 1.37 bits per heavy atom. The number of anilines is 2. The lowest BCUT2D eigenvalue weighted by atomic mass is 10.2. The monoisotopic (exact) mass is 265 g/mol. The first-order chi connectivity index (χ1) is 8.95. The Kier molecular flexibility index (Phi) is 5.11. The van der Waals surface area contributed by atoms with Crippen LogP contribution in [-0.2, 0) is 4.79 Å². The molecule has 0 atom stereocenters. The van der Waals surface area contributed by atoms with Gasteiger partial charge in [-0.15, -0.1) is 0 Å². The summed E-state index contributed by atoms with van der Waals surface area (Å²) in [5, 5.41) is 0. The van der Waals surface area contributed by atoms with Crippen molar-refractivity contribution in [1.82, 2.24) is 4.98 Å². The summed E-state index contributed by atoms with van der Waals surface area (Å²) in [6.07, 6.45) is 3.20. The van der Waals surface area contributed by atoms with Gasteiger partial charge in [0.25, 0.3) is 5.91 Å². The Morgan fingerprint density at radius 3 is 2.58 bits per heavy atom. The normalized spacial score (nSPS) is 10.2. The van der Waals surface area contributed by atoms with Gasteiger partial charge in [-0.2, -0.15) is 0 Å². The van der Waals surface area contributed by atoms with Crippen LogP contribution in [0.1, 0.15) is 30.1 Å². The highest BCUT2D eigenvalue weighted by Crippen LogP contribution is 2.18. The largest absolute Gasteiger partial charge is 0.397 e. The number of primary amides is 2. The Balaban J connectivity index is 3.03. The molecule has 0 saturated heterocycles. The number of unbranched alkanes of at least 4 members (excludes halogenated alkanes) is 1. The zero-order valence-electron chi connectivity index (χ0n) is 10.9. The van der Waals surface area contributed by atoms with E-state index in [1.807, 2.05) is 6.92 Å². The van der Waals surface area contributed by atoms with Crippen LogP contribution in [0.2, 0.25) is 0 Å². The summed E-state index contributed by atoms with van der Waals surface area (Å²) in [4.78, 5) is 28.1. The molecule has 0 fully saturated rings. The van der Waals surface area contributed by atoms with Gasteiger partial charge < -0.3 is 22.1 Å². The maximum atomic E-state index is 11.2. The predicted octanol–water partition coefficient (Wildman–Crippen LogP) is -0.145. The zero-order valence-corrected chi connectivity index (χ0v) is 10.9. The van der Waals surface area contributed by atoms with E-state index in [1.165, 1.54) is 12.3 Å². The molecule has 1 heterocycles. The van der Waals surface area contributed by atoms with Crippen LogP contribution in [0.25, 0.3) is 0 Å². The number of carbonyl (C=O) groups excluding carboxylic acids is 2. The third kappa shape index (κ3) is 4.13. The van der Waals surface area contributed by atoms with Crippen LogP contribution < -0.4 is 22.1 Å². The molecule has 7 heteroatoms. The van der Waals surface area contributed by atoms with Gasteiger partial charge in [-0.25, -0.2) is 4.98 Å². The molecule has 7 nitrogen and oxygen atoms in total. The van der Waals surface area contributed by atoms with Crippen molar-refractivity contribution in [3.8, 4) is 0 Å². The lowest BCUT2D eigenvalue weighted by Crippen LogP contribution is -2.35. The van der Waals surface area contributed by atoms with Crippen LogP contribution in [0.3, 0.4) is 0 Å². The Labute approximate surface area is 111 Å². The molecule has 0 aliphatic rings. The molecule has 6 N–H and O–H groups in total. The van der Waals surface area contributed by atoms with Crippen molar-refractivity contribution in [3.05, 3.63) is 17.8 Å². The molecule has 0 aliphatic carbocycles. The number of carbonyl (C=O) groups is 2. The van der Waals surface area contributed by atoms with Gasteiger partial charge in [-0.05, 0) is 12.5 Å². The van der Waals surface area contributed by atoms with E-state index in [0.717, 1.165) is 12.8 Å². The first-order valence-corrected chi connectivity index (χ1v) is 6.04. The molecular weight excluding hydrogens is 246 g/mol. The quantitative estimate of drug-likeness (QED) is 0.631. The number of nitrogen functional groups attached to an aromatic ring is 1. The van der Waals surface area contributed by atoms with E-state index < -0.39 is 11.8 Å². The predicted molar refractivity (Wildman–Crippen MR) is 73.5 cm³/mol. The topological polar surface area (TPSA) is 128 Å². The summed E-state index contributed by atoms with van der Waals surface area (Å²) >= 11 is 0. The lowest BCUT2D eigenvalue weighted by molar-refractivity contribution is -0.116. The standard InChI is InChI=1S/C12H19N5O2/c1-2-3-4-17(7-10(14)18)11-5-8(12(15)19)9(13)6-16-11/h5-6H,2-4,7,13H2,1H3,(H2,14,18)(H2,15,19). The average Bonchev–Trinajstić information content (AvgIpc) is 2.34. The first-order valence-electron chi connectivity index (χ1n) is 6.04. The minimum Gasteiger partial charge on any atom is -0.397 e. The minimum absolute atomic E-state index is 0.0368.